The summed E-state index contributed by atoms with van der Waals surface area (Å²) in [4.78, 5) is 19.0. The number of hydrogen-bond acceptors (Lipinski definition) is 3. The van der Waals surface area contributed by atoms with E-state index in [1.165, 1.54) is 36.4 Å². The summed E-state index contributed by atoms with van der Waals surface area (Å²) in [7, 11) is 0. The van der Waals surface area contributed by atoms with E-state index in [-0.39, 0.29) is 22.7 Å². The molecule has 0 amide bonds. The van der Waals surface area contributed by atoms with E-state index in [4.69, 9.17) is 5.11 Å². The monoisotopic (exact) mass is 458 g/mol. The molecule has 0 saturated carbocycles. The molecule has 9 heteroatoms. The van der Waals surface area contributed by atoms with Crippen molar-refractivity contribution in [2.75, 3.05) is 0 Å². The molecule has 1 aliphatic carbocycles. The Balaban J connectivity index is 1.84. The van der Waals surface area contributed by atoms with Gasteiger partial charge in [-0.3, -0.25) is 0 Å². The lowest BCUT2D eigenvalue weighted by Crippen LogP contribution is -2.11. The number of carboxylic acids is 1. The van der Waals surface area contributed by atoms with Crippen LogP contribution in [0.5, 0.6) is 0 Å². The third kappa shape index (κ3) is 4.67. The fraction of sp³-hybridized carbons (Fsp3) is 0.125. The smallest absolute Gasteiger partial charge is 0.433 e. The SMILES string of the molecule is O=C(O)c1cc(-c2cccc(-c3nc(C4=CCCC=C4F)cc(C(F)(F)F)n3)c2)ccc1F. The molecule has 0 atom stereocenters. The minimum atomic E-state index is -4.78. The van der Waals surface area contributed by atoms with E-state index in [1.54, 1.807) is 6.07 Å². The average molecular weight is 458 g/mol. The van der Waals surface area contributed by atoms with Crippen LogP contribution in [0.4, 0.5) is 22.0 Å². The van der Waals surface area contributed by atoms with E-state index in [1.807, 2.05) is 0 Å². The number of alkyl halides is 3. The fourth-order valence-corrected chi connectivity index (χ4v) is 3.44. The highest BCUT2D eigenvalue weighted by Gasteiger charge is 2.34. The summed E-state index contributed by atoms with van der Waals surface area (Å²) in [6.07, 6.45) is -1.09. The number of carbonyl (C=O) groups is 1. The normalized spacial score (nSPS) is 14.0. The lowest BCUT2D eigenvalue weighted by atomic mass is 9.99. The summed E-state index contributed by atoms with van der Waals surface area (Å²) < 4.78 is 68.6. The zero-order valence-corrected chi connectivity index (χ0v) is 16.8. The van der Waals surface area contributed by atoms with Crippen LogP contribution in [0.3, 0.4) is 0 Å². The van der Waals surface area contributed by atoms with Crippen LogP contribution in [-0.2, 0) is 6.18 Å². The maximum Gasteiger partial charge on any atom is 0.433 e. The number of carboxylic acid groups (broad SMARTS) is 1. The van der Waals surface area contributed by atoms with Gasteiger partial charge in [0.15, 0.2) is 5.82 Å². The number of hydrogen-bond donors (Lipinski definition) is 1. The zero-order chi connectivity index (χ0) is 23.8. The van der Waals surface area contributed by atoms with Crippen LogP contribution in [0.25, 0.3) is 28.1 Å². The van der Waals surface area contributed by atoms with Crippen LogP contribution in [0, 0.1) is 5.82 Å². The van der Waals surface area contributed by atoms with E-state index >= 15 is 0 Å². The Hall–Kier alpha value is -3.88. The van der Waals surface area contributed by atoms with E-state index < -0.39 is 35.0 Å². The summed E-state index contributed by atoms with van der Waals surface area (Å²) in [5.74, 6) is -3.29. The first kappa shape index (κ1) is 22.3. The van der Waals surface area contributed by atoms with Crippen molar-refractivity contribution in [3.05, 3.63) is 89.3 Å². The van der Waals surface area contributed by atoms with Gasteiger partial charge < -0.3 is 5.11 Å². The van der Waals surface area contributed by atoms with Crippen LogP contribution in [0.15, 0.2) is 66.5 Å². The number of halogens is 5. The van der Waals surface area contributed by atoms with Crippen LogP contribution >= 0.6 is 0 Å². The molecule has 1 heterocycles. The Labute approximate surface area is 184 Å². The van der Waals surface area contributed by atoms with Crippen molar-refractivity contribution in [3.8, 4) is 22.5 Å². The van der Waals surface area contributed by atoms with Crippen molar-refractivity contribution in [1.29, 1.82) is 0 Å². The van der Waals surface area contributed by atoms with Gasteiger partial charge in [0.1, 0.15) is 17.3 Å². The van der Waals surface area contributed by atoms with Crippen molar-refractivity contribution >= 4 is 11.5 Å². The van der Waals surface area contributed by atoms with Gasteiger partial charge in [0, 0.05) is 11.1 Å². The van der Waals surface area contributed by atoms with Gasteiger partial charge in [0.25, 0.3) is 0 Å². The minimum Gasteiger partial charge on any atom is -0.478 e. The number of benzene rings is 2. The first-order valence-corrected chi connectivity index (χ1v) is 9.80. The van der Waals surface area contributed by atoms with Crippen LogP contribution in [0.1, 0.15) is 34.6 Å². The number of aromatic nitrogens is 2. The van der Waals surface area contributed by atoms with E-state index in [0.717, 1.165) is 12.1 Å². The molecule has 0 aliphatic heterocycles. The van der Waals surface area contributed by atoms with Gasteiger partial charge >= 0.3 is 12.1 Å². The van der Waals surface area contributed by atoms with Gasteiger partial charge in [0.05, 0.1) is 11.3 Å². The molecule has 4 nitrogen and oxygen atoms in total. The Morgan fingerprint density at radius 3 is 2.27 bits per heavy atom. The van der Waals surface area contributed by atoms with Crippen molar-refractivity contribution in [2.45, 2.75) is 19.0 Å². The summed E-state index contributed by atoms with van der Waals surface area (Å²) in [5, 5.41) is 9.15. The molecule has 0 bridgehead atoms. The molecule has 0 fully saturated rings. The van der Waals surface area contributed by atoms with Crippen LogP contribution in [0.2, 0.25) is 0 Å². The Kier molecular flexibility index (Phi) is 5.80. The van der Waals surface area contributed by atoms with E-state index in [2.05, 4.69) is 9.97 Å². The van der Waals surface area contributed by atoms with Crippen molar-refractivity contribution in [1.82, 2.24) is 9.97 Å². The summed E-state index contributed by atoms with van der Waals surface area (Å²) in [6.45, 7) is 0. The molecule has 168 valence electrons. The van der Waals surface area contributed by atoms with Gasteiger partial charge in [0.2, 0.25) is 0 Å². The molecule has 0 spiro atoms. The molecule has 1 aromatic heterocycles. The minimum absolute atomic E-state index is 0.0313. The van der Waals surface area contributed by atoms with Gasteiger partial charge in [-0.2, -0.15) is 13.2 Å². The molecule has 0 unspecified atom stereocenters. The molecule has 33 heavy (non-hydrogen) atoms. The predicted octanol–water partition coefficient (Wildman–Crippen LogP) is 6.70. The zero-order valence-electron chi connectivity index (χ0n) is 16.8. The van der Waals surface area contributed by atoms with Gasteiger partial charge in [-0.1, -0.05) is 30.3 Å². The van der Waals surface area contributed by atoms with Crippen molar-refractivity contribution < 1.29 is 31.9 Å². The highest BCUT2D eigenvalue weighted by molar-refractivity contribution is 5.90. The fourth-order valence-electron chi connectivity index (χ4n) is 3.44. The summed E-state index contributed by atoms with van der Waals surface area (Å²) in [5.41, 5.74) is -1.03. The molecule has 0 radical (unpaired) electrons. The average Bonchev–Trinajstić information content (AvgIpc) is 2.79. The Bertz CT molecular complexity index is 1310. The maximum absolute atomic E-state index is 14.3. The Morgan fingerprint density at radius 1 is 0.879 bits per heavy atom. The number of allylic oxidation sites excluding steroid dienone is 4. The quantitative estimate of drug-likeness (QED) is 0.442. The molecule has 3 aromatic rings. The molecule has 1 N–H and O–H groups in total. The van der Waals surface area contributed by atoms with Gasteiger partial charge in [-0.25, -0.2) is 23.5 Å². The van der Waals surface area contributed by atoms with E-state index in [0.29, 0.717) is 30.0 Å². The molecule has 2 aromatic carbocycles. The second-order valence-corrected chi connectivity index (χ2v) is 7.29. The third-order valence-corrected chi connectivity index (χ3v) is 5.04. The first-order chi connectivity index (χ1) is 15.6. The van der Waals surface area contributed by atoms with Crippen molar-refractivity contribution in [2.24, 2.45) is 0 Å². The summed E-state index contributed by atoms with van der Waals surface area (Å²) in [6, 6.07) is 10.2. The highest BCUT2D eigenvalue weighted by Crippen LogP contribution is 2.35. The first-order valence-electron chi connectivity index (χ1n) is 9.80. The Morgan fingerprint density at radius 2 is 1.58 bits per heavy atom. The second kappa shape index (κ2) is 8.57. The molecular weight excluding hydrogens is 443 g/mol. The molecule has 4 rings (SSSR count). The van der Waals surface area contributed by atoms with Crippen LogP contribution in [-0.4, -0.2) is 21.0 Å². The standard InChI is InChI=1S/C24H15F5N2O2/c25-18-7-2-1-6-16(18)20-12-21(24(27,28)29)31-22(30-20)15-5-3-4-13(10-15)14-8-9-19(26)17(11-14)23(32)33/h3-12H,1-2H2,(H,32,33). The molecular formula is C24H15F5N2O2. The third-order valence-electron chi connectivity index (χ3n) is 5.04. The number of rotatable bonds is 4. The lowest BCUT2D eigenvalue weighted by Gasteiger charge is -2.14. The maximum atomic E-state index is 14.3. The predicted molar refractivity (Wildman–Crippen MR) is 111 cm³/mol. The molecule has 1 aliphatic rings. The van der Waals surface area contributed by atoms with E-state index in [9.17, 15) is 26.7 Å². The van der Waals surface area contributed by atoms with Gasteiger partial charge in [-0.05, 0) is 54.3 Å². The summed E-state index contributed by atoms with van der Waals surface area (Å²) >= 11 is 0. The van der Waals surface area contributed by atoms with Crippen LogP contribution < -0.4 is 0 Å². The highest BCUT2D eigenvalue weighted by atomic mass is 19.4. The number of aromatic carboxylic acids is 1. The topological polar surface area (TPSA) is 63.1 Å². The number of nitrogens with zero attached hydrogens (tertiary/aromatic N) is 2. The van der Waals surface area contributed by atoms with Gasteiger partial charge in [-0.15, -0.1) is 0 Å². The lowest BCUT2D eigenvalue weighted by molar-refractivity contribution is -0.141. The van der Waals surface area contributed by atoms with Crippen molar-refractivity contribution in [3.63, 3.8) is 0 Å². The largest absolute Gasteiger partial charge is 0.478 e. The second-order valence-electron chi connectivity index (χ2n) is 7.29. The molecule has 0 saturated heterocycles.